The van der Waals surface area contributed by atoms with Crippen LogP contribution in [0.15, 0.2) is 47.3 Å². The molecule has 0 radical (unpaired) electrons. The first-order valence-corrected chi connectivity index (χ1v) is 5.79. The van der Waals surface area contributed by atoms with Crippen LogP contribution in [-0.4, -0.2) is 14.7 Å². The number of aromatic hydroxyl groups is 1. The number of rotatable bonds is 2. The van der Waals surface area contributed by atoms with Crippen LogP contribution in [0.25, 0.3) is 11.0 Å². The lowest BCUT2D eigenvalue weighted by molar-refractivity contribution is 0.474. The predicted octanol–water partition coefficient (Wildman–Crippen LogP) is 2.22. The molecule has 0 amide bonds. The van der Waals surface area contributed by atoms with Crippen LogP contribution in [0.5, 0.6) is 5.75 Å². The highest BCUT2D eigenvalue weighted by Crippen LogP contribution is 2.16. The molecule has 3 aromatic rings. The summed E-state index contributed by atoms with van der Waals surface area (Å²) in [6, 6.07) is 10.8. The molecule has 0 saturated heterocycles. The predicted molar refractivity (Wildman–Crippen MR) is 69.7 cm³/mol. The molecule has 19 heavy (non-hydrogen) atoms. The van der Waals surface area contributed by atoms with E-state index in [9.17, 15) is 14.3 Å². The average molecular weight is 258 g/mol. The zero-order valence-electron chi connectivity index (χ0n) is 9.93. The fourth-order valence-corrected chi connectivity index (χ4v) is 2.12. The second-order valence-corrected chi connectivity index (χ2v) is 4.35. The van der Waals surface area contributed by atoms with Crippen LogP contribution in [0.4, 0.5) is 4.39 Å². The van der Waals surface area contributed by atoms with Crippen molar-refractivity contribution < 1.29 is 9.50 Å². The van der Waals surface area contributed by atoms with Crippen LogP contribution in [0.1, 0.15) is 5.56 Å². The molecule has 0 aliphatic rings. The van der Waals surface area contributed by atoms with E-state index in [0.29, 0.717) is 11.0 Å². The highest BCUT2D eigenvalue weighted by atomic mass is 19.1. The monoisotopic (exact) mass is 258 g/mol. The minimum absolute atomic E-state index is 0.136. The van der Waals surface area contributed by atoms with E-state index in [1.54, 1.807) is 24.3 Å². The van der Waals surface area contributed by atoms with Gasteiger partial charge in [0.2, 0.25) is 0 Å². The van der Waals surface area contributed by atoms with Gasteiger partial charge in [0, 0.05) is 0 Å². The van der Waals surface area contributed by atoms with Crippen LogP contribution >= 0.6 is 0 Å². The van der Waals surface area contributed by atoms with Crippen LogP contribution in [0.2, 0.25) is 0 Å². The number of benzene rings is 2. The number of nitrogens with one attached hydrogen (secondary N) is 1. The minimum Gasteiger partial charge on any atom is -0.508 e. The van der Waals surface area contributed by atoms with Crippen LogP contribution in [0, 0.1) is 5.82 Å². The van der Waals surface area contributed by atoms with Gasteiger partial charge in [0.1, 0.15) is 11.6 Å². The smallest absolute Gasteiger partial charge is 0.326 e. The summed E-state index contributed by atoms with van der Waals surface area (Å²) in [5.74, 6) is -0.257. The highest BCUT2D eigenvalue weighted by Gasteiger charge is 2.08. The van der Waals surface area contributed by atoms with Gasteiger partial charge >= 0.3 is 5.69 Å². The van der Waals surface area contributed by atoms with Crippen molar-refractivity contribution in [1.82, 2.24) is 9.55 Å². The van der Waals surface area contributed by atoms with Gasteiger partial charge in [0.25, 0.3) is 0 Å². The molecule has 0 unspecified atom stereocenters. The van der Waals surface area contributed by atoms with E-state index in [0.717, 1.165) is 5.56 Å². The summed E-state index contributed by atoms with van der Waals surface area (Å²) in [4.78, 5) is 14.5. The maximum Gasteiger partial charge on any atom is 0.326 e. The number of hydrogen-bond donors (Lipinski definition) is 2. The van der Waals surface area contributed by atoms with Gasteiger partial charge in [-0.15, -0.1) is 0 Å². The van der Waals surface area contributed by atoms with Crippen LogP contribution < -0.4 is 5.69 Å². The lowest BCUT2D eigenvalue weighted by atomic mass is 10.2. The second-order valence-electron chi connectivity index (χ2n) is 4.35. The lowest BCUT2D eigenvalue weighted by Gasteiger charge is -2.04. The van der Waals surface area contributed by atoms with Gasteiger partial charge in [0.05, 0.1) is 17.6 Å². The van der Waals surface area contributed by atoms with Gasteiger partial charge < -0.3 is 10.1 Å². The Bertz CT molecular complexity index is 805. The van der Waals surface area contributed by atoms with Crippen molar-refractivity contribution >= 4 is 11.0 Å². The number of phenols is 1. The Morgan fingerprint density at radius 3 is 2.84 bits per heavy atom. The molecule has 0 aliphatic heterocycles. The van der Waals surface area contributed by atoms with Gasteiger partial charge in [-0.25, -0.2) is 9.18 Å². The standard InChI is InChI=1S/C14H11FN2O2/c15-10-4-5-12-13(7-10)17(14(19)16-12)8-9-2-1-3-11(18)6-9/h1-7,18H,8H2,(H,16,19). The third-order valence-corrected chi connectivity index (χ3v) is 2.99. The molecule has 0 spiro atoms. The first-order chi connectivity index (χ1) is 9.13. The van der Waals surface area contributed by atoms with Gasteiger partial charge in [-0.1, -0.05) is 12.1 Å². The van der Waals surface area contributed by atoms with E-state index >= 15 is 0 Å². The topological polar surface area (TPSA) is 58.0 Å². The molecule has 2 aromatic carbocycles. The Balaban J connectivity index is 2.12. The van der Waals surface area contributed by atoms with Crippen molar-refractivity contribution in [2.45, 2.75) is 6.54 Å². The van der Waals surface area contributed by atoms with Crippen molar-refractivity contribution in [2.75, 3.05) is 0 Å². The van der Waals surface area contributed by atoms with Crippen molar-refractivity contribution in [3.8, 4) is 5.75 Å². The molecule has 0 fully saturated rings. The van der Waals surface area contributed by atoms with Crippen molar-refractivity contribution in [3.05, 3.63) is 64.3 Å². The molecule has 4 nitrogen and oxygen atoms in total. The molecular formula is C14H11FN2O2. The largest absolute Gasteiger partial charge is 0.508 e. The molecule has 3 rings (SSSR count). The zero-order chi connectivity index (χ0) is 13.4. The number of aromatic amines is 1. The molecule has 96 valence electrons. The quantitative estimate of drug-likeness (QED) is 0.740. The maximum absolute atomic E-state index is 13.3. The van der Waals surface area contributed by atoms with E-state index in [4.69, 9.17) is 0 Å². The molecule has 2 N–H and O–H groups in total. The van der Waals surface area contributed by atoms with Gasteiger partial charge in [-0.05, 0) is 35.9 Å². The zero-order valence-corrected chi connectivity index (χ0v) is 9.93. The highest BCUT2D eigenvalue weighted by molar-refractivity contribution is 5.75. The Hall–Kier alpha value is -2.56. The summed E-state index contributed by atoms with van der Waals surface area (Å²) < 4.78 is 14.7. The first kappa shape index (κ1) is 11.5. The number of aromatic nitrogens is 2. The van der Waals surface area contributed by atoms with Gasteiger partial charge in [-0.2, -0.15) is 0 Å². The third kappa shape index (κ3) is 2.10. The van der Waals surface area contributed by atoms with Crippen molar-refractivity contribution in [3.63, 3.8) is 0 Å². The van der Waals surface area contributed by atoms with E-state index in [2.05, 4.69) is 4.98 Å². The third-order valence-electron chi connectivity index (χ3n) is 2.99. The number of halogens is 1. The fourth-order valence-electron chi connectivity index (χ4n) is 2.12. The molecular weight excluding hydrogens is 247 g/mol. The summed E-state index contributed by atoms with van der Waals surface area (Å²) in [7, 11) is 0. The molecule has 0 aliphatic carbocycles. The maximum atomic E-state index is 13.3. The molecule has 0 bridgehead atoms. The summed E-state index contributed by atoms with van der Waals surface area (Å²) in [6.07, 6.45) is 0. The normalized spacial score (nSPS) is 11.0. The average Bonchev–Trinajstić information content (AvgIpc) is 2.66. The number of phenolic OH excluding ortho intramolecular Hbond substituents is 1. The summed E-state index contributed by atoms with van der Waals surface area (Å²) >= 11 is 0. The molecule has 1 aromatic heterocycles. The minimum atomic E-state index is -0.392. The summed E-state index contributed by atoms with van der Waals surface area (Å²) in [5.41, 5.74) is 1.57. The molecule has 1 heterocycles. The Kier molecular flexibility index (Phi) is 2.59. The molecule has 5 heteroatoms. The van der Waals surface area contributed by atoms with Crippen molar-refractivity contribution in [2.24, 2.45) is 0 Å². The Morgan fingerprint density at radius 2 is 2.05 bits per heavy atom. The number of hydrogen-bond acceptors (Lipinski definition) is 2. The van der Waals surface area contributed by atoms with E-state index in [1.165, 1.54) is 22.8 Å². The second kappa shape index (κ2) is 4.28. The fraction of sp³-hybridized carbons (Fsp3) is 0.0714. The first-order valence-electron chi connectivity index (χ1n) is 5.79. The van der Waals surface area contributed by atoms with E-state index in [1.807, 2.05) is 0 Å². The number of fused-ring (bicyclic) bond motifs is 1. The Labute approximate surface area is 107 Å². The van der Waals surface area contributed by atoms with Gasteiger partial charge in [0.15, 0.2) is 0 Å². The van der Waals surface area contributed by atoms with Crippen LogP contribution in [-0.2, 0) is 6.54 Å². The number of nitrogens with zero attached hydrogens (tertiary/aromatic N) is 1. The van der Waals surface area contributed by atoms with Crippen LogP contribution in [0.3, 0.4) is 0 Å². The summed E-state index contributed by atoms with van der Waals surface area (Å²) in [6.45, 7) is 0.274. The van der Waals surface area contributed by atoms with E-state index < -0.39 is 5.82 Å². The number of H-pyrrole nitrogens is 1. The Morgan fingerprint density at radius 1 is 1.21 bits per heavy atom. The lowest BCUT2D eigenvalue weighted by Crippen LogP contribution is -2.17. The van der Waals surface area contributed by atoms with E-state index in [-0.39, 0.29) is 18.0 Å². The van der Waals surface area contributed by atoms with Gasteiger partial charge in [-0.3, -0.25) is 4.57 Å². The molecule has 0 atom stereocenters. The summed E-state index contributed by atoms with van der Waals surface area (Å²) in [5, 5.41) is 9.41. The molecule has 0 saturated carbocycles. The number of imidazole rings is 1. The SMILES string of the molecule is O=c1[nH]c2ccc(F)cc2n1Cc1cccc(O)c1. The van der Waals surface area contributed by atoms with Crippen molar-refractivity contribution in [1.29, 1.82) is 0 Å².